The highest BCUT2D eigenvalue weighted by molar-refractivity contribution is 6.00. The molecule has 37 heavy (non-hydrogen) atoms. The fraction of sp³-hybridized carbons (Fsp3) is 0.567. The fourth-order valence-electron chi connectivity index (χ4n) is 8.26. The van der Waals surface area contributed by atoms with E-state index in [0.717, 1.165) is 12.2 Å². The maximum absolute atomic E-state index is 13.6. The summed E-state index contributed by atoms with van der Waals surface area (Å²) < 4.78 is 23.3. The minimum Gasteiger partial charge on any atom is -0.497 e. The standard InChI is InChI=1S/C30H34O7/c1-15-18(16-6-8-17(34-4)9-7-16)13-22-19(15)12-20-21(14-24(32)35-5)30(3)23(31)10-11-29(2)27(30)26(25(20)36-22)37-28(29)33/h6-11,18,20-22,25-27H,12-14H2,1-5H3/t18-,20+,21+,22+,25+,26+,27+,29-,30+/m1/s1. The van der Waals surface area contributed by atoms with Crippen LogP contribution in [0.3, 0.4) is 0 Å². The molecule has 0 unspecified atom stereocenters. The Labute approximate surface area is 217 Å². The van der Waals surface area contributed by atoms with Crippen LogP contribution < -0.4 is 4.74 Å². The third kappa shape index (κ3) is 3.25. The molecule has 2 heterocycles. The van der Waals surface area contributed by atoms with Gasteiger partial charge in [-0.05, 0) is 67.9 Å². The van der Waals surface area contributed by atoms with Gasteiger partial charge in [-0.2, -0.15) is 0 Å². The lowest BCUT2D eigenvalue weighted by Crippen LogP contribution is -2.65. The first-order chi connectivity index (χ1) is 17.6. The van der Waals surface area contributed by atoms with Crippen molar-refractivity contribution in [2.24, 2.45) is 28.6 Å². The number of rotatable bonds is 4. The van der Waals surface area contributed by atoms with Crippen molar-refractivity contribution in [2.45, 2.75) is 64.3 Å². The van der Waals surface area contributed by atoms with Gasteiger partial charge in [0.1, 0.15) is 11.9 Å². The number of hydrogen-bond donors (Lipinski definition) is 0. The van der Waals surface area contributed by atoms with Crippen LogP contribution in [0.1, 0.15) is 51.5 Å². The molecule has 0 amide bonds. The van der Waals surface area contributed by atoms with Gasteiger partial charge in [0.15, 0.2) is 5.78 Å². The van der Waals surface area contributed by atoms with Crippen LogP contribution in [0.5, 0.6) is 5.75 Å². The van der Waals surface area contributed by atoms with Gasteiger partial charge in [-0.25, -0.2) is 0 Å². The third-order valence-corrected chi connectivity index (χ3v) is 10.2. The summed E-state index contributed by atoms with van der Waals surface area (Å²) in [7, 11) is 3.03. The summed E-state index contributed by atoms with van der Waals surface area (Å²) >= 11 is 0. The SMILES string of the molecule is COC(=O)C[C@H]1[C@@H]2CC3=C(C)[C@H](c4ccc(OC)cc4)C[C@@H]3O[C@@H]2[C@@H]2OC(=O)[C@]3(C)C=CC(=O)[C@@]1(C)[C@@H]23. The second-order valence-electron chi connectivity index (χ2n) is 11.7. The molecule has 1 saturated carbocycles. The quantitative estimate of drug-likeness (QED) is 0.448. The highest BCUT2D eigenvalue weighted by Gasteiger charge is 2.73. The number of ether oxygens (including phenoxy) is 4. The summed E-state index contributed by atoms with van der Waals surface area (Å²) in [6, 6.07) is 8.15. The zero-order chi connectivity index (χ0) is 26.3. The monoisotopic (exact) mass is 506 g/mol. The number of hydrogen-bond acceptors (Lipinski definition) is 7. The molecule has 196 valence electrons. The number of esters is 2. The van der Waals surface area contributed by atoms with Gasteiger partial charge < -0.3 is 18.9 Å². The lowest BCUT2D eigenvalue weighted by molar-refractivity contribution is -0.204. The summed E-state index contributed by atoms with van der Waals surface area (Å²) in [5, 5.41) is 0. The predicted octanol–water partition coefficient (Wildman–Crippen LogP) is 4.16. The van der Waals surface area contributed by atoms with E-state index in [0.29, 0.717) is 6.42 Å². The molecule has 2 saturated heterocycles. The molecule has 0 bridgehead atoms. The summed E-state index contributed by atoms with van der Waals surface area (Å²) in [6.45, 7) is 5.94. The zero-order valence-corrected chi connectivity index (χ0v) is 22.0. The summed E-state index contributed by atoms with van der Waals surface area (Å²) in [4.78, 5) is 39.5. The molecular formula is C30H34O7. The van der Waals surface area contributed by atoms with Crippen molar-refractivity contribution in [3.63, 3.8) is 0 Å². The van der Waals surface area contributed by atoms with Crippen molar-refractivity contribution in [1.29, 1.82) is 0 Å². The highest BCUT2D eigenvalue weighted by atomic mass is 16.6. The van der Waals surface area contributed by atoms with E-state index in [4.69, 9.17) is 18.9 Å². The number of allylic oxidation sites excluding steroid dienone is 2. The highest BCUT2D eigenvalue weighted by Crippen LogP contribution is 2.65. The van der Waals surface area contributed by atoms with Crippen LogP contribution in [0.25, 0.3) is 0 Å². The molecule has 1 aromatic rings. The molecule has 3 aliphatic carbocycles. The Kier molecular flexibility index (Phi) is 5.47. The molecule has 0 spiro atoms. The van der Waals surface area contributed by atoms with E-state index in [-0.39, 0.29) is 54.1 Å². The van der Waals surface area contributed by atoms with Gasteiger partial charge in [-0.1, -0.05) is 30.7 Å². The molecule has 7 nitrogen and oxygen atoms in total. The third-order valence-electron chi connectivity index (χ3n) is 10.2. The Balaban J connectivity index is 1.42. The van der Waals surface area contributed by atoms with E-state index in [9.17, 15) is 14.4 Å². The van der Waals surface area contributed by atoms with E-state index in [1.807, 2.05) is 26.0 Å². The number of carbonyl (C=O) groups excluding carboxylic acids is 3. The van der Waals surface area contributed by atoms with Crippen molar-refractivity contribution >= 4 is 17.7 Å². The number of carbonyl (C=O) groups is 3. The molecule has 2 aliphatic heterocycles. The lowest BCUT2D eigenvalue weighted by Gasteiger charge is -2.58. The summed E-state index contributed by atoms with van der Waals surface area (Å²) in [6.07, 6.45) is 3.85. The van der Waals surface area contributed by atoms with Crippen LogP contribution in [0, 0.1) is 28.6 Å². The summed E-state index contributed by atoms with van der Waals surface area (Å²) in [5.41, 5.74) is 1.86. The smallest absolute Gasteiger partial charge is 0.316 e. The molecule has 6 rings (SSSR count). The lowest BCUT2D eigenvalue weighted by atomic mass is 9.45. The van der Waals surface area contributed by atoms with Crippen LogP contribution in [-0.2, 0) is 28.6 Å². The van der Waals surface area contributed by atoms with Crippen LogP contribution in [0.2, 0.25) is 0 Å². The molecule has 1 aromatic carbocycles. The Morgan fingerprint density at radius 3 is 2.51 bits per heavy atom. The van der Waals surface area contributed by atoms with Crippen LogP contribution in [0.4, 0.5) is 0 Å². The van der Waals surface area contributed by atoms with Crippen LogP contribution in [-0.4, -0.2) is 50.3 Å². The average Bonchev–Trinajstić information content (AvgIpc) is 3.37. The Morgan fingerprint density at radius 1 is 1.11 bits per heavy atom. The van der Waals surface area contributed by atoms with Crippen LogP contribution >= 0.6 is 0 Å². The van der Waals surface area contributed by atoms with E-state index in [2.05, 4.69) is 19.1 Å². The molecule has 5 aliphatic rings. The van der Waals surface area contributed by atoms with Gasteiger partial charge in [0.05, 0.1) is 31.8 Å². The minimum absolute atomic E-state index is 0.0546. The van der Waals surface area contributed by atoms with Gasteiger partial charge in [0, 0.05) is 23.7 Å². The number of fused-ring (bicyclic) bond motifs is 3. The first-order valence-electron chi connectivity index (χ1n) is 13.1. The first kappa shape index (κ1) is 24.4. The fourth-order valence-corrected chi connectivity index (χ4v) is 8.26. The molecular weight excluding hydrogens is 472 g/mol. The average molecular weight is 507 g/mol. The minimum atomic E-state index is -0.936. The predicted molar refractivity (Wildman–Crippen MR) is 134 cm³/mol. The molecule has 0 N–H and O–H groups in total. The van der Waals surface area contributed by atoms with Crippen molar-refractivity contribution in [1.82, 2.24) is 0 Å². The maximum atomic E-state index is 13.6. The van der Waals surface area contributed by atoms with Gasteiger partial charge in [0.25, 0.3) is 0 Å². The van der Waals surface area contributed by atoms with Crippen molar-refractivity contribution in [3.8, 4) is 5.75 Å². The van der Waals surface area contributed by atoms with E-state index in [1.165, 1.54) is 29.9 Å². The first-order valence-corrected chi connectivity index (χ1v) is 13.1. The number of ketones is 1. The van der Waals surface area contributed by atoms with Crippen molar-refractivity contribution in [2.75, 3.05) is 14.2 Å². The zero-order valence-electron chi connectivity index (χ0n) is 22.0. The van der Waals surface area contributed by atoms with Gasteiger partial charge >= 0.3 is 11.9 Å². The maximum Gasteiger partial charge on any atom is 0.316 e. The second kappa shape index (κ2) is 8.29. The van der Waals surface area contributed by atoms with Gasteiger partial charge in [-0.15, -0.1) is 0 Å². The number of benzene rings is 1. The molecule has 0 aromatic heterocycles. The van der Waals surface area contributed by atoms with Gasteiger partial charge in [-0.3, -0.25) is 14.4 Å². The second-order valence-corrected chi connectivity index (χ2v) is 11.7. The molecule has 3 fully saturated rings. The van der Waals surface area contributed by atoms with E-state index < -0.39 is 22.9 Å². The molecule has 7 heteroatoms. The number of methoxy groups -OCH3 is 2. The Morgan fingerprint density at radius 2 is 1.84 bits per heavy atom. The van der Waals surface area contributed by atoms with Crippen LogP contribution in [0.15, 0.2) is 47.6 Å². The largest absolute Gasteiger partial charge is 0.497 e. The normalized spacial score (nSPS) is 41.6. The Hall–Kier alpha value is -2.93. The summed E-state index contributed by atoms with van der Waals surface area (Å²) in [5.74, 6) is -0.579. The van der Waals surface area contributed by atoms with Crippen molar-refractivity contribution in [3.05, 3.63) is 53.1 Å². The van der Waals surface area contributed by atoms with E-state index >= 15 is 0 Å². The topological polar surface area (TPSA) is 88.1 Å². The molecule has 0 radical (unpaired) electrons. The Bertz CT molecular complexity index is 1230. The van der Waals surface area contributed by atoms with E-state index in [1.54, 1.807) is 13.2 Å². The molecule has 9 atom stereocenters. The van der Waals surface area contributed by atoms with Crippen molar-refractivity contribution < 1.29 is 33.3 Å². The van der Waals surface area contributed by atoms with Gasteiger partial charge in [0.2, 0.25) is 0 Å².